The lowest BCUT2D eigenvalue weighted by Crippen LogP contribution is -2.42. The molecule has 2 fully saturated rings. The molecular weight excluding hydrogens is 489 g/mol. The van der Waals surface area contributed by atoms with E-state index in [0.29, 0.717) is 44.1 Å². The molecule has 0 spiro atoms. The molecule has 0 bridgehead atoms. The van der Waals surface area contributed by atoms with Crippen LogP contribution in [0.15, 0.2) is 12.4 Å². The third-order valence-corrected chi connectivity index (χ3v) is 6.73. The Hall–Kier alpha value is -2.93. The molecule has 2 aliphatic heterocycles. The molecule has 2 N–H and O–H groups in total. The number of carbonyl (C=O) groups is 1. The van der Waals surface area contributed by atoms with Crippen LogP contribution in [0, 0.1) is 12.3 Å². The van der Waals surface area contributed by atoms with Crippen molar-refractivity contribution >= 4 is 23.4 Å². The first-order chi connectivity index (χ1) is 17.4. The monoisotopic (exact) mass is 524 g/mol. The van der Waals surface area contributed by atoms with Crippen molar-refractivity contribution in [1.82, 2.24) is 29.5 Å². The number of hydrogen-bond donors (Lipinski definition) is 2. The molecule has 0 radical (unpaired) electrons. The normalized spacial score (nSPS) is 20.8. The van der Waals surface area contributed by atoms with Crippen LogP contribution in [-0.4, -0.2) is 88.4 Å². The average molecular weight is 525 g/mol. The van der Waals surface area contributed by atoms with E-state index in [0.717, 1.165) is 25.7 Å². The Labute approximate surface area is 214 Å². The standard InChI is InChI=1S/C24H35F3N8O2/c1-16-19(14-35(32-16)17-6-9-33(4)13-17)30-22-29-12-18(24(25,26)27)20(31-22)28-7-5-8-34-10-11-37-15-23(2,3)21(34)36/h12,14,17H,5-11,13,15H2,1-4H3,(H2,28,29,30,31). The van der Waals surface area contributed by atoms with Gasteiger partial charge in [-0.25, -0.2) is 4.98 Å². The van der Waals surface area contributed by atoms with E-state index >= 15 is 0 Å². The van der Waals surface area contributed by atoms with Gasteiger partial charge in [-0.3, -0.25) is 9.48 Å². The highest BCUT2D eigenvalue weighted by Gasteiger charge is 2.36. The summed E-state index contributed by atoms with van der Waals surface area (Å²) in [6.45, 7) is 9.22. The number of amides is 1. The van der Waals surface area contributed by atoms with E-state index in [1.807, 2.05) is 31.6 Å². The number of ether oxygens (including phenoxy) is 1. The molecule has 0 saturated carbocycles. The molecule has 204 valence electrons. The first-order valence-electron chi connectivity index (χ1n) is 12.5. The fourth-order valence-corrected chi connectivity index (χ4v) is 4.61. The molecule has 2 aromatic heterocycles. The van der Waals surface area contributed by atoms with Gasteiger partial charge in [0.15, 0.2) is 0 Å². The van der Waals surface area contributed by atoms with Crippen molar-refractivity contribution in [3.8, 4) is 0 Å². The number of likely N-dealkylation sites (tertiary alicyclic amines) is 1. The summed E-state index contributed by atoms with van der Waals surface area (Å²) in [6.07, 6.45) is -0.556. The van der Waals surface area contributed by atoms with E-state index < -0.39 is 17.2 Å². The largest absolute Gasteiger partial charge is 0.421 e. The number of nitrogens with one attached hydrogen (secondary N) is 2. The molecule has 10 nitrogen and oxygen atoms in total. The minimum Gasteiger partial charge on any atom is -0.379 e. The number of rotatable bonds is 8. The van der Waals surface area contributed by atoms with Crippen molar-refractivity contribution in [3.63, 3.8) is 0 Å². The molecule has 1 amide bonds. The predicted molar refractivity (Wildman–Crippen MR) is 133 cm³/mol. The van der Waals surface area contributed by atoms with Crippen LogP contribution in [0.3, 0.4) is 0 Å². The van der Waals surface area contributed by atoms with Crippen LogP contribution in [0.25, 0.3) is 0 Å². The molecular formula is C24H35F3N8O2. The van der Waals surface area contributed by atoms with E-state index in [9.17, 15) is 18.0 Å². The van der Waals surface area contributed by atoms with Gasteiger partial charge in [0.1, 0.15) is 11.4 Å². The predicted octanol–water partition coefficient (Wildman–Crippen LogP) is 3.31. The second kappa shape index (κ2) is 10.8. The average Bonchev–Trinajstić information content (AvgIpc) is 3.38. The van der Waals surface area contributed by atoms with Gasteiger partial charge in [0, 0.05) is 38.6 Å². The van der Waals surface area contributed by atoms with E-state index in [-0.39, 0.29) is 30.3 Å². The maximum atomic E-state index is 13.6. The van der Waals surface area contributed by atoms with E-state index in [4.69, 9.17) is 4.74 Å². The Morgan fingerprint density at radius 1 is 1.27 bits per heavy atom. The number of hydrogen-bond acceptors (Lipinski definition) is 8. The van der Waals surface area contributed by atoms with E-state index in [1.54, 1.807) is 4.90 Å². The minimum atomic E-state index is -4.61. The van der Waals surface area contributed by atoms with Crippen molar-refractivity contribution in [1.29, 1.82) is 0 Å². The summed E-state index contributed by atoms with van der Waals surface area (Å²) in [5.41, 5.74) is -0.216. The van der Waals surface area contributed by atoms with Crippen LogP contribution in [0.5, 0.6) is 0 Å². The zero-order valence-electron chi connectivity index (χ0n) is 21.7. The van der Waals surface area contributed by atoms with Crippen molar-refractivity contribution in [2.24, 2.45) is 5.41 Å². The smallest absolute Gasteiger partial charge is 0.379 e. The third-order valence-electron chi connectivity index (χ3n) is 6.73. The van der Waals surface area contributed by atoms with Gasteiger partial charge >= 0.3 is 6.18 Å². The van der Waals surface area contributed by atoms with Gasteiger partial charge < -0.3 is 25.2 Å². The zero-order chi connectivity index (χ0) is 26.8. The Kier molecular flexibility index (Phi) is 7.93. The second-order valence-corrected chi connectivity index (χ2v) is 10.4. The second-order valence-electron chi connectivity index (χ2n) is 10.4. The maximum Gasteiger partial charge on any atom is 0.421 e. The number of aryl methyl sites for hydroxylation is 1. The van der Waals surface area contributed by atoms with Crippen LogP contribution >= 0.6 is 0 Å². The number of alkyl halides is 3. The molecule has 13 heteroatoms. The molecule has 4 rings (SSSR count). The quantitative estimate of drug-likeness (QED) is 0.508. The van der Waals surface area contributed by atoms with E-state index in [1.165, 1.54) is 0 Å². The Morgan fingerprint density at radius 2 is 2.05 bits per heavy atom. The molecule has 2 saturated heterocycles. The molecule has 1 atom stereocenters. The third kappa shape index (κ3) is 6.50. The number of anilines is 3. The Balaban J connectivity index is 1.42. The van der Waals surface area contributed by atoms with Gasteiger partial charge in [0.2, 0.25) is 11.9 Å². The van der Waals surface area contributed by atoms with Gasteiger partial charge in [-0.05, 0) is 47.2 Å². The Bertz CT molecular complexity index is 1100. The summed E-state index contributed by atoms with van der Waals surface area (Å²) < 4.78 is 48.3. The number of aromatic nitrogens is 4. The van der Waals surface area contributed by atoms with Crippen molar-refractivity contribution in [3.05, 3.63) is 23.7 Å². The number of halogens is 3. The summed E-state index contributed by atoms with van der Waals surface area (Å²) in [4.78, 5) is 24.7. The molecule has 0 aromatic carbocycles. The number of likely N-dealkylation sites (N-methyl/N-ethyl adjacent to an activating group) is 1. The van der Waals surface area contributed by atoms with Crippen LogP contribution in [0.1, 0.15) is 44.0 Å². The lowest BCUT2D eigenvalue weighted by Gasteiger charge is -2.27. The molecule has 2 aliphatic rings. The lowest BCUT2D eigenvalue weighted by atomic mass is 9.93. The number of carbonyl (C=O) groups excluding carboxylic acids is 1. The fraction of sp³-hybridized carbons (Fsp3) is 0.667. The summed E-state index contributed by atoms with van der Waals surface area (Å²) >= 11 is 0. The van der Waals surface area contributed by atoms with Gasteiger partial charge in [0.25, 0.3) is 0 Å². The SMILES string of the molecule is Cc1nn(C2CCN(C)C2)cc1Nc1ncc(C(F)(F)F)c(NCCCN2CCOCC(C)(C)C2=O)n1. The molecule has 2 aromatic rings. The van der Waals surface area contributed by atoms with Crippen molar-refractivity contribution < 1.29 is 22.7 Å². The van der Waals surface area contributed by atoms with Gasteiger partial charge in [0.05, 0.1) is 36.1 Å². The van der Waals surface area contributed by atoms with Crippen molar-refractivity contribution in [2.45, 2.75) is 45.8 Å². The summed E-state index contributed by atoms with van der Waals surface area (Å²) in [7, 11) is 2.06. The maximum absolute atomic E-state index is 13.6. The fourth-order valence-electron chi connectivity index (χ4n) is 4.61. The van der Waals surface area contributed by atoms with Crippen LogP contribution in [-0.2, 0) is 15.7 Å². The first-order valence-corrected chi connectivity index (χ1v) is 12.5. The highest BCUT2D eigenvalue weighted by atomic mass is 19.4. The summed E-state index contributed by atoms with van der Waals surface area (Å²) in [5.74, 6) is -0.281. The molecule has 4 heterocycles. The van der Waals surface area contributed by atoms with Crippen molar-refractivity contribution in [2.75, 3.05) is 63.6 Å². The van der Waals surface area contributed by atoms with Gasteiger partial charge in [-0.2, -0.15) is 23.3 Å². The molecule has 1 unspecified atom stereocenters. The van der Waals surface area contributed by atoms with Crippen LogP contribution in [0.2, 0.25) is 0 Å². The molecule has 37 heavy (non-hydrogen) atoms. The Morgan fingerprint density at radius 3 is 2.76 bits per heavy atom. The lowest BCUT2D eigenvalue weighted by molar-refractivity contribution is -0.140. The molecule has 0 aliphatic carbocycles. The summed E-state index contributed by atoms with van der Waals surface area (Å²) in [6, 6.07) is 0.248. The number of nitrogens with zero attached hydrogens (tertiary/aromatic N) is 6. The van der Waals surface area contributed by atoms with Gasteiger partial charge in [-0.15, -0.1) is 0 Å². The first kappa shape index (κ1) is 27.1. The van der Waals surface area contributed by atoms with Gasteiger partial charge in [-0.1, -0.05) is 0 Å². The van der Waals surface area contributed by atoms with Crippen LogP contribution in [0.4, 0.5) is 30.6 Å². The highest BCUT2D eigenvalue weighted by molar-refractivity contribution is 5.82. The zero-order valence-corrected chi connectivity index (χ0v) is 21.7. The summed E-state index contributed by atoms with van der Waals surface area (Å²) in [5, 5.41) is 10.4. The minimum absolute atomic E-state index is 0.0188. The highest BCUT2D eigenvalue weighted by Crippen LogP contribution is 2.34. The topological polar surface area (TPSA) is 100 Å². The van der Waals surface area contributed by atoms with Crippen LogP contribution < -0.4 is 10.6 Å². The van der Waals surface area contributed by atoms with E-state index in [2.05, 4.69) is 37.6 Å².